The van der Waals surface area contributed by atoms with E-state index in [4.69, 9.17) is 9.47 Å². The second-order valence-corrected chi connectivity index (χ2v) is 4.25. The van der Waals surface area contributed by atoms with Gasteiger partial charge in [0, 0.05) is 6.61 Å². The van der Waals surface area contributed by atoms with Gasteiger partial charge in [0.25, 0.3) is 0 Å². The normalized spacial score (nSPS) is 14.1. The Labute approximate surface area is 82.6 Å². The zero-order chi connectivity index (χ0) is 10.3. The molecule has 0 aliphatic rings. The molecule has 0 aliphatic heterocycles. The van der Waals surface area contributed by atoms with Gasteiger partial charge in [-0.3, -0.25) is 0 Å². The Morgan fingerprint density at radius 2 is 1.62 bits per heavy atom. The molecule has 1 atom stereocenters. The molecule has 0 saturated heterocycles. The van der Waals surface area contributed by atoms with Crippen molar-refractivity contribution in [2.24, 2.45) is 5.92 Å². The number of hydrogen-bond acceptors (Lipinski definition) is 2. The minimum Gasteiger partial charge on any atom is -0.379 e. The van der Waals surface area contributed by atoms with Crippen LogP contribution in [0.15, 0.2) is 0 Å². The molecule has 80 valence electrons. The number of rotatable bonds is 7. The van der Waals surface area contributed by atoms with Crippen molar-refractivity contribution in [2.75, 3.05) is 13.2 Å². The molecule has 0 saturated carbocycles. The summed E-state index contributed by atoms with van der Waals surface area (Å²) in [7, 11) is 0. The fourth-order valence-electron chi connectivity index (χ4n) is 1.07. The monoisotopic (exact) mass is 188 g/mol. The number of ether oxygens (including phenoxy) is 2. The predicted octanol–water partition coefficient (Wildman–Crippen LogP) is 2.86. The molecule has 0 bridgehead atoms. The molecule has 0 fully saturated rings. The smallest absolute Gasteiger partial charge is 0.0783 e. The lowest BCUT2D eigenvalue weighted by atomic mass is 10.1. The molecule has 0 aromatic rings. The zero-order valence-corrected chi connectivity index (χ0v) is 9.67. The first kappa shape index (κ1) is 12.9. The van der Waals surface area contributed by atoms with Crippen LogP contribution in [0.4, 0.5) is 0 Å². The molecule has 0 amide bonds. The summed E-state index contributed by atoms with van der Waals surface area (Å²) in [4.78, 5) is 0. The van der Waals surface area contributed by atoms with Crippen LogP contribution in [0.3, 0.4) is 0 Å². The summed E-state index contributed by atoms with van der Waals surface area (Å²) in [6, 6.07) is 0. The van der Waals surface area contributed by atoms with Gasteiger partial charge < -0.3 is 9.47 Å². The standard InChI is InChI=1S/C11H24O2/c1-9(2)6-7-12-8-11(5)13-10(3)4/h9-11H,6-8H2,1-5H3. The third kappa shape index (κ3) is 9.84. The van der Waals surface area contributed by atoms with E-state index in [0.717, 1.165) is 18.9 Å². The molecule has 13 heavy (non-hydrogen) atoms. The highest BCUT2D eigenvalue weighted by Crippen LogP contribution is 2.01. The third-order valence-electron chi connectivity index (χ3n) is 1.70. The highest BCUT2D eigenvalue weighted by atomic mass is 16.5. The van der Waals surface area contributed by atoms with Crippen molar-refractivity contribution < 1.29 is 9.47 Å². The van der Waals surface area contributed by atoms with Crippen LogP contribution in [0, 0.1) is 5.92 Å². The fourth-order valence-corrected chi connectivity index (χ4v) is 1.07. The van der Waals surface area contributed by atoms with E-state index < -0.39 is 0 Å². The van der Waals surface area contributed by atoms with Crippen molar-refractivity contribution in [3.63, 3.8) is 0 Å². The predicted molar refractivity (Wildman–Crippen MR) is 56.0 cm³/mol. The van der Waals surface area contributed by atoms with Gasteiger partial charge in [0.1, 0.15) is 0 Å². The van der Waals surface area contributed by atoms with Gasteiger partial charge in [0.2, 0.25) is 0 Å². The average Bonchev–Trinajstić information content (AvgIpc) is 1.96. The van der Waals surface area contributed by atoms with Crippen molar-refractivity contribution in [1.29, 1.82) is 0 Å². The van der Waals surface area contributed by atoms with Crippen molar-refractivity contribution in [2.45, 2.75) is 53.2 Å². The first-order chi connectivity index (χ1) is 6.02. The Balaban J connectivity index is 3.22. The molecule has 0 heterocycles. The van der Waals surface area contributed by atoms with E-state index in [2.05, 4.69) is 20.8 Å². The Morgan fingerprint density at radius 1 is 1.00 bits per heavy atom. The van der Waals surface area contributed by atoms with Gasteiger partial charge in [-0.05, 0) is 33.1 Å². The van der Waals surface area contributed by atoms with Crippen molar-refractivity contribution in [3.8, 4) is 0 Å². The molecule has 0 N–H and O–H groups in total. The second-order valence-electron chi connectivity index (χ2n) is 4.25. The zero-order valence-electron chi connectivity index (χ0n) is 9.67. The first-order valence-electron chi connectivity index (χ1n) is 5.25. The summed E-state index contributed by atoms with van der Waals surface area (Å²) >= 11 is 0. The van der Waals surface area contributed by atoms with Gasteiger partial charge in [0.05, 0.1) is 18.8 Å². The first-order valence-corrected chi connectivity index (χ1v) is 5.25. The van der Waals surface area contributed by atoms with E-state index in [1.165, 1.54) is 0 Å². The molecule has 0 spiro atoms. The van der Waals surface area contributed by atoms with E-state index in [9.17, 15) is 0 Å². The molecule has 0 aromatic heterocycles. The van der Waals surface area contributed by atoms with Gasteiger partial charge in [-0.15, -0.1) is 0 Å². The average molecular weight is 188 g/mol. The maximum atomic E-state index is 5.53. The van der Waals surface area contributed by atoms with Crippen LogP contribution in [0.25, 0.3) is 0 Å². The lowest BCUT2D eigenvalue weighted by Gasteiger charge is -2.16. The lowest BCUT2D eigenvalue weighted by Crippen LogP contribution is -2.20. The van der Waals surface area contributed by atoms with Gasteiger partial charge in [-0.25, -0.2) is 0 Å². The Hall–Kier alpha value is -0.0800. The minimum atomic E-state index is 0.215. The highest BCUT2D eigenvalue weighted by Gasteiger charge is 2.04. The third-order valence-corrected chi connectivity index (χ3v) is 1.70. The molecule has 2 nitrogen and oxygen atoms in total. The van der Waals surface area contributed by atoms with Gasteiger partial charge >= 0.3 is 0 Å². The van der Waals surface area contributed by atoms with Crippen LogP contribution in [-0.4, -0.2) is 25.4 Å². The minimum absolute atomic E-state index is 0.215. The Kier molecular flexibility index (Phi) is 7.29. The van der Waals surface area contributed by atoms with Crippen molar-refractivity contribution in [3.05, 3.63) is 0 Å². The van der Waals surface area contributed by atoms with Crippen LogP contribution >= 0.6 is 0 Å². The Morgan fingerprint density at radius 3 is 2.08 bits per heavy atom. The summed E-state index contributed by atoms with van der Waals surface area (Å²) in [5.74, 6) is 0.723. The largest absolute Gasteiger partial charge is 0.379 e. The maximum Gasteiger partial charge on any atom is 0.0783 e. The molecule has 0 aromatic carbocycles. The molecular weight excluding hydrogens is 164 g/mol. The molecular formula is C11H24O2. The molecule has 0 rings (SSSR count). The summed E-state index contributed by atoms with van der Waals surface area (Å²) in [6.07, 6.45) is 1.64. The topological polar surface area (TPSA) is 18.5 Å². The fraction of sp³-hybridized carbons (Fsp3) is 1.00. The second kappa shape index (κ2) is 7.34. The van der Waals surface area contributed by atoms with Gasteiger partial charge in [0.15, 0.2) is 0 Å². The Bertz CT molecular complexity index is 111. The van der Waals surface area contributed by atoms with Crippen LogP contribution in [0.5, 0.6) is 0 Å². The van der Waals surface area contributed by atoms with Crippen LogP contribution < -0.4 is 0 Å². The molecule has 2 heteroatoms. The van der Waals surface area contributed by atoms with E-state index in [-0.39, 0.29) is 6.10 Å². The quantitative estimate of drug-likeness (QED) is 0.572. The van der Waals surface area contributed by atoms with E-state index in [1.54, 1.807) is 0 Å². The molecule has 1 unspecified atom stereocenters. The summed E-state index contributed by atoms with van der Waals surface area (Å²) in [5.41, 5.74) is 0. The lowest BCUT2D eigenvalue weighted by molar-refractivity contribution is -0.0362. The van der Waals surface area contributed by atoms with E-state index in [0.29, 0.717) is 12.7 Å². The summed E-state index contributed by atoms with van der Waals surface area (Å²) in [6.45, 7) is 12.1. The SMILES string of the molecule is CC(C)CCOCC(C)OC(C)C. The molecule has 0 radical (unpaired) electrons. The van der Waals surface area contributed by atoms with Crippen LogP contribution in [0.1, 0.15) is 41.0 Å². The summed E-state index contributed by atoms with van der Waals surface area (Å²) in [5, 5.41) is 0. The molecule has 0 aliphatic carbocycles. The van der Waals surface area contributed by atoms with Crippen LogP contribution in [-0.2, 0) is 9.47 Å². The van der Waals surface area contributed by atoms with Gasteiger partial charge in [-0.1, -0.05) is 13.8 Å². The highest BCUT2D eigenvalue weighted by molar-refractivity contribution is 4.50. The van der Waals surface area contributed by atoms with E-state index >= 15 is 0 Å². The van der Waals surface area contributed by atoms with Crippen molar-refractivity contribution in [1.82, 2.24) is 0 Å². The van der Waals surface area contributed by atoms with Crippen LogP contribution in [0.2, 0.25) is 0 Å². The van der Waals surface area contributed by atoms with Crippen molar-refractivity contribution >= 4 is 0 Å². The summed E-state index contributed by atoms with van der Waals surface area (Å²) < 4.78 is 11.0. The van der Waals surface area contributed by atoms with E-state index in [1.807, 2.05) is 13.8 Å². The maximum absolute atomic E-state index is 5.53. The number of hydrogen-bond donors (Lipinski definition) is 0. The van der Waals surface area contributed by atoms with Gasteiger partial charge in [-0.2, -0.15) is 0 Å².